The molecular formula is C21H17N5OS. The number of hydrogen-bond donors (Lipinski definition) is 2. The topological polar surface area (TPSA) is 94.5 Å². The summed E-state index contributed by atoms with van der Waals surface area (Å²) in [5.74, 6) is 0.0705. The molecule has 0 spiro atoms. The van der Waals surface area contributed by atoms with E-state index in [9.17, 15) is 10.1 Å². The average Bonchev–Trinajstić information content (AvgIpc) is 3.03. The number of nitrogens with two attached hydrogens (primary N) is 1. The van der Waals surface area contributed by atoms with Crippen LogP contribution in [0, 0.1) is 11.3 Å². The molecule has 1 amide bonds. The number of benzene rings is 2. The van der Waals surface area contributed by atoms with Crippen LogP contribution in [0.1, 0.15) is 18.5 Å². The second kappa shape index (κ2) is 7.25. The van der Waals surface area contributed by atoms with Gasteiger partial charge in [-0.2, -0.15) is 5.26 Å². The monoisotopic (exact) mass is 387 g/mol. The van der Waals surface area contributed by atoms with E-state index in [0.29, 0.717) is 32.9 Å². The van der Waals surface area contributed by atoms with Crippen molar-refractivity contribution in [3.05, 3.63) is 88.2 Å². The third-order valence-electron chi connectivity index (χ3n) is 4.57. The summed E-state index contributed by atoms with van der Waals surface area (Å²) in [6.07, 6.45) is 0. The van der Waals surface area contributed by atoms with Crippen molar-refractivity contribution in [1.82, 2.24) is 4.90 Å². The predicted octanol–water partition coefficient (Wildman–Crippen LogP) is 3.71. The molecule has 2 aromatic rings. The highest BCUT2D eigenvalue weighted by molar-refractivity contribution is 8.17. The van der Waals surface area contributed by atoms with E-state index in [-0.39, 0.29) is 5.91 Å². The highest BCUT2D eigenvalue weighted by Gasteiger charge is 2.42. The summed E-state index contributed by atoms with van der Waals surface area (Å²) >= 11 is 1.23. The Hall–Kier alpha value is -3.50. The number of aliphatic imine (C=N–C) groups is 1. The Kier molecular flexibility index (Phi) is 4.63. The number of nitrogens with zero attached hydrogens (tertiary/aromatic N) is 3. The van der Waals surface area contributed by atoms with Gasteiger partial charge in [-0.15, -0.1) is 0 Å². The quantitative estimate of drug-likeness (QED) is 0.837. The third kappa shape index (κ3) is 3.04. The molecule has 0 saturated heterocycles. The Labute approximate surface area is 167 Å². The van der Waals surface area contributed by atoms with Gasteiger partial charge in [0.25, 0.3) is 5.91 Å². The van der Waals surface area contributed by atoms with Crippen LogP contribution in [0.5, 0.6) is 0 Å². The van der Waals surface area contributed by atoms with E-state index in [2.05, 4.69) is 16.4 Å². The molecule has 6 nitrogen and oxygen atoms in total. The Bertz CT molecular complexity index is 1070. The summed E-state index contributed by atoms with van der Waals surface area (Å²) < 4.78 is 0. The maximum absolute atomic E-state index is 13.2. The van der Waals surface area contributed by atoms with E-state index in [1.54, 1.807) is 11.8 Å². The fourth-order valence-corrected chi connectivity index (χ4v) is 4.22. The number of carbonyl (C=O) groups excluding carboxylic acids is 1. The van der Waals surface area contributed by atoms with Gasteiger partial charge in [-0.25, -0.2) is 4.99 Å². The first-order chi connectivity index (χ1) is 13.6. The maximum atomic E-state index is 13.2. The highest BCUT2D eigenvalue weighted by Crippen LogP contribution is 2.45. The van der Waals surface area contributed by atoms with Crippen LogP contribution in [-0.4, -0.2) is 16.0 Å². The molecule has 0 fully saturated rings. The molecule has 28 heavy (non-hydrogen) atoms. The molecule has 3 N–H and O–H groups in total. The molecule has 0 aliphatic carbocycles. The lowest BCUT2D eigenvalue weighted by Gasteiger charge is -2.35. The van der Waals surface area contributed by atoms with Gasteiger partial charge in [0.05, 0.1) is 17.3 Å². The average molecular weight is 387 g/mol. The molecule has 0 saturated carbocycles. The number of thioether (sulfide) groups is 1. The van der Waals surface area contributed by atoms with Gasteiger partial charge in [-0.3, -0.25) is 9.69 Å². The van der Waals surface area contributed by atoms with Gasteiger partial charge in [0, 0.05) is 5.69 Å². The fourth-order valence-electron chi connectivity index (χ4n) is 3.30. The lowest BCUT2D eigenvalue weighted by atomic mass is 9.94. The van der Waals surface area contributed by atoms with Gasteiger partial charge < -0.3 is 11.1 Å². The highest BCUT2D eigenvalue weighted by atomic mass is 32.2. The van der Waals surface area contributed by atoms with Crippen LogP contribution in [0.3, 0.4) is 0 Å². The minimum absolute atomic E-state index is 0.247. The van der Waals surface area contributed by atoms with Crippen molar-refractivity contribution in [2.45, 2.75) is 13.0 Å². The zero-order valence-electron chi connectivity index (χ0n) is 15.1. The Balaban J connectivity index is 1.81. The fraction of sp³-hybridized carbons (Fsp3) is 0.0952. The molecule has 0 bridgehead atoms. The van der Waals surface area contributed by atoms with Crippen LogP contribution in [0.4, 0.5) is 5.69 Å². The molecule has 0 radical (unpaired) electrons. The first-order valence-corrected chi connectivity index (χ1v) is 9.49. The van der Waals surface area contributed by atoms with E-state index in [0.717, 1.165) is 5.56 Å². The van der Waals surface area contributed by atoms with Gasteiger partial charge in [0.1, 0.15) is 16.8 Å². The molecule has 4 rings (SSSR count). The zero-order chi connectivity index (χ0) is 19.7. The molecule has 0 aromatic heterocycles. The second-order valence-corrected chi connectivity index (χ2v) is 7.30. The van der Waals surface area contributed by atoms with Gasteiger partial charge in [0.2, 0.25) is 0 Å². The number of amides is 1. The SMILES string of the molecule is CC1=C(C(=O)Nc2ccccc2)[C@H](c2ccccc2)N2C(=N1)SC(C#N)=C2N. The number of nitrogens with one attached hydrogen (secondary N) is 1. The first-order valence-electron chi connectivity index (χ1n) is 8.68. The van der Waals surface area contributed by atoms with Crippen molar-refractivity contribution in [3.63, 3.8) is 0 Å². The Morgan fingerprint density at radius 2 is 1.82 bits per heavy atom. The van der Waals surface area contributed by atoms with Crippen LogP contribution in [0.15, 0.2) is 87.7 Å². The number of anilines is 1. The standard InChI is InChI=1S/C21H17N5OS/c1-13-17(20(27)25-15-10-6-3-7-11-15)18(14-8-4-2-5-9-14)26-19(23)16(12-22)28-21(26)24-13/h2-11,18H,23H2,1H3,(H,25,27)/t18-/m0/s1. The molecule has 2 aromatic carbocycles. The van der Waals surface area contributed by atoms with Gasteiger partial charge in [-0.05, 0) is 36.4 Å². The molecule has 138 valence electrons. The maximum Gasteiger partial charge on any atom is 0.255 e. The predicted molar refractivity (Wildman–Crippen MR) is 111 cm³/mol. The summed E-state index contributed by atoms with van der Waals surface area (Å²) in [5.41, 5.74) is 8.96. The number of nitriles is 1. The zero-order valence-corrected chi connectivity index (χ0v) is 15.9. The van der Waals surface area contributed by atoms with Crippen LogP contribution in [-0.2, 0) is 4.79 Å². The molecule has 0 unspecified atom stereocenters. The molecule has 1 atom stereocenters. The summed E-state index contributed by atoms with van der Waals surface area (Å²) in [7, 11) is 0. The van der Waals surface area contributed by atoms with Gasteiger partial charge in [-0.1, -0.05) is 48.5 Å². The summed E-state index contributed by atoms with van der Waals surface area (Å²) in [6, 6.07) is 20.6. The lowest BCUT2D eigenvalue weighted by Crippen LogP contribution is -2.39. The second-order valence-electron chi connectivity index (χ2n) is 6.33. The number of amidine groups is 1. The minimum atomic E-state index is -0.462. The van der Waals surface area contributed by atoms with Crippen LogP contribution in [0.2, 0.25) is 0 Å². The van der Waals surface area contributed by atoms with Crippen molar-refractivity contribution < 1.29 is 4.79 Å². The lowest BCUT2D eigenvalue weighted by molar-refractivity contribution is -0.113. The molecule has 7 heteroatoms. The summed E-state index contributed by atoms with van der Waals surface area (Å²) in [4.78, 5) is 19.9. The van der Waals surface area contributed by atoms with Crippen molar-refractivity contribution >= 4 is 28.5 Å². The summed E-state index contributed by atoms with van der Waals surface area (Å²) in [5, 5.41) is 12.9. The van der Waals surface area contributed by atoms with E-state index < -0.39 is 6.04 Å². The first kappa shape index (κ1) is 17.9. The van der Waals surface area contributed by atoms with E-state index in [1.165, 1.54) is 11.8 Å². The summed E-state index contributed by atoms with van der Waals surface area (Å²) in [6.45, 7) is 1.81. The van der Waals surface area contributed by atoms with Crippen LogP contribution < -0.4 is 11.1 Å². The number of allylic oxidation sites excluding steroid dienone is 2. The van der Waals surface area contributed by atoms with E-state index in [4.69, 9.17) is 5.73 Å². The number of hydrogen-bond acceptors (Lipinski definition) is 6. The molecule has 2 heterocycles. The van der Waals surface area contributed by atoms with E-state index >= 15 is 0 Å². The van der Waals surface area contributed by atoms with Gasteiger partial charge in [0.15, 0.2) is 5.17 Å². The minimum Gasteiger partial charge on any atom is -0.383 e. The van der Waals surface area contributed by atoms with Crippen molar-refractivity contribution in [3.8, 4) is 6.07 Å². The third-order valence-corrected chi connectivity index (χ3v) is 5.54. The van der Waals surface area contributed by atoms with Crippen molar-refractivity contribution in [2.24, 2.45) is 10.7 Å². The van der Waals surface area contributed by atoms with Crippen molar-refractivity contribution in [2.75, 3.05) is 5.32 Å². The van der Waals surface area contributed by atoms with Gasteiger partial charge >= 0.3 is 0 Å². The normalized spacial score (nSPS) is 18.5. The van der Waals surface area contributed by atoms with Crippen LogP contribution in [0.25, 0.3) is 0 Å². The number of fused-ring (bicyclic) bond motifs is 1. The largest absolute Gasteiger partial charge is 0.383 e. The van der Waals surface area contributed by atoms with Crippen molar-refractivity contribution in [1.29, 1.82) is 5.26 Å². The number of rotatable bonds is 3. The van der Waals surface area contributed by atoms with E-state index in [1.807, 2.05) is 60.7 Å². The Morgan fingerprint density at radius 1 is 1.18 bits per heavy atom. The number of carbonyl (C=O) groups is 1. The molecular weight excluding hydrogens is 370 g/mol. The molecule has 2 aliphatic heterocycles. The number of para-hydroxylation sites is 1. The Morgan fingerprint density at radius 3 is 2.46 bits per heavy atom. The smallest absolute Gasteiger partial charge is 0.255 e. The molecule has 2 aliphatic rings. The van der Waals surface area contributed by atoms with Crippen LogP contribution >= 0.6 is 11.8 Å².